The maximum atomic E-state index is 14.5. The number of rotatable bonds is 5. The monoisotopic (exact) mass is 371 g/mol. The predicted molar refractivity (Wildman–Crippen MR) is 104 cm³/mol. The third-order valence-electron chi connectivity index (χ3n) is 4.75. The second-order valence-electron chi connectivity index (χ2n) is 6.54. The van der Waals surface area contributed by atoms with Crippen LogP contribution in [0.1, 0.15) is 23.2 Å². The highest BCUT2D eigenvalue weighted by Crippen LogP contribution is 2.26. The molecule has 136 valence electrons. The second kappa shape index (κ2) is 8.49. The van der Waals surface area contributed by atoms with E-state index >= 15 is 0 Å². The molecule has 1 atom stereocenters. The molecule has 0 aliphatic carbocycles. The van der Waals surface area contributed by atoms with Crippen LogP contribution in [0.15, 0.2) is 48.5 Å². The number of carbonyl (C=O) groups excluding carboxylic acids is 2. The van der Waals surface area contributed by atoms with E-state index in [0.29, 0.717) is 30.0 Å². The molecule has 0 unspecified atom stereocenters. The van der Waals surface area contributed by atoms with Crippen molar-refractivity contribution in [2.45, 2.75) is 12.8 Å². The van der Waals surface area contributed by atoms with Gasteiger partial charge in [0, 0.05) is 30.1 Å². The normalized spacial score (nSPS) is 17.2. The first kappa shape index (κ1) is 18.6. The van der Waals surface area contributed by atoms with E-state index in [4.69, 9.17) is 0 Å². The molecule has 0 aromatic heterocycles. The number of nitrogens with zero attached hydrogens (tertiary/aromatic N) is 1. The molecule has 0 spiro atoms. The van der Waals surface area contributed by atoms with Gasteiger partial charge in [-0.25, -0.2) is 4.39 Å². The van der Waals surface area contributed by atoms with Gasteiger partial charge < -0.3 is 4.90 Å². The summed E-state index contributed by atoms with van der Waals surface area (Å²) >= 11 is 1.49. The maximum Gasteiger partial charge on any atom is 0.232 e. The summed E-state index contributed by atoms with van der Waals surface area (Å²) in [5, 5.41) is 0. The first-order chi connectivity index (χ1) is 12.6. The van der Waals surface area contributed by atoms with Crippen LogP contribution in [-0.4, -0.2) is 41.7 Å². The van der Waals surface area contributed by atoms with Crippen molar-refractivity contribution < 1.29 is 14.0 Å². The number of hydrogen-bond donors (Lipinski definition) is 0. The van der Waals surface area contributed by atoms with Gasteiger partial charge >= 0.3 is 0 Å². The molecule has 1 saturated heterocycles. The summed E-state index contributed by atoms with van der Waals surface area (Å²) in [6.45, 7) is 1.13. The highest BCUT2D eigenvalue weighted by atomic mass is 32.2. The number of halogens is 1. The van der Waals surface area contributed by atoms with Gasteiger partial charge in [0.05, 0.1) is 5.75 Å². The van der Waals surface area contributed by atoms with Crippen molar-refractivity contribution in [3.8, 4) is 11.1 Å². The summed E-state index contributed by atoms with van der Waals surface area (Å²) in [5.74, 6) is -0.225. The Kier molecular flexibility index (Phi) is 6.09. The molecular formula is C21H22FNO2S. The molecule has 3 nitrogen and oxygen atoms in total. The standard InChI is InChI=1S/C21H22FNO2S/c1-26-14-20(24)23-11-5-8-17(13-23)21(25)16-9-10-18(19(22)12-16)15-6-3-2-4-7-15/h2-4,6-7,9-10,12,17H,5,8,11,13-14H2,1H3/t17-/m0/s1. The van der Waals surface area contributed by atoms with Crippen LogP contribution in [0.2, 0.25) is 0 Å². The fourth-order valence-electron chi connectivity index (χ4n) is 3.39. The summed E-state index contributed by atoms with van der Waals surface area (Å²) < 4.78 is 14.5. The number of likely N-dealkylation sites (tertiary alicyclic amines) is 1. The average Bonchev–Trinajstić information content (AvgIpc) is 2.68. The van der Waals surface area contributed by atoms with Crippen LogP contribution in [0.4, 0.5) is 4.39 Å². The number of piperidine rings is 1. The maximum absolute atomic E-state index is 14.5. The highest BCUT2D eigenvalue weighted by Gasteiger charge is 2.29. The Morgan fingerprint density at radius 3 is 2.65 bits per heavy atom. The van der Waals surface area contributed by atoms with Crippen LogP contribution < -0.4 is 0 Å². The van der Waals surface area contributed by atoms with Gasteiger partial charge in [0.1, 0.15) is 5.82 Å². The van der Waals surface area contributed by atoms with E-state index in [1.54, 1.807) is 17.0 Å². The summed E-state index contributed by atoms with van der Waals surface area (Å²) in [4.78, 5) is 26.7. The predicted octanol–water partition coefficient (Wildman–Crippen LogP) is 4.28. The quantitative estimate of drug-likeness (QED) is 0.737. The SMILES string of the molecule is CSCC(=O)N1CCC[C@H](C(=O)c2ccc(-c3ccccc3)c(F)c2)C1. The Balaban J connectivity index is 1.75. The fourth-order valence-corrected chi connectivity index (χ4v) is 3.82. The molecule has 5 heteroatoms. The van der Waals surface area contributed by atoms with Crippen molar-refractivity contribution in [3.05, 3.63) is 59.9 Å². The van der Waals surface area contributed by atoms with Gasteiger partial charge in [-0.2, -0.15) is 11.8 Å². The number of Topliss-reactive ketones (excluding diaryl/α,β-unsaturated/α-hetero) is 1. The van der Waals surface area contributed by atoms with E-state index in [1.165, 1.54) is 17.8 Å². The Labute approximate surface area is 157 Å². The molecule has 1 fully saturated rings. The Hall–Kier alpha value is -2.14. The van der Waals surface area contributed by atoms with Gasteiger partial charge in [0.2, 0.25) is 5.91 Å². The molecule has 0 saturated carbocycles. The topological polar surface area (TPSA) is 37.4 Å². The number of amides is 1. The van der Waals surface area contributed by atoms with E-state index in [9.17, 15) is 14.0 Å². The molecule has 0 N–H and O–H groups in total. The molecule has 1 aliphatic heterocycles. The van der Waals surface area contributed by atoms with Crippen molar-refractivity contribution in [2.75, 3.05) is 25.1 Å². The van der Waals surface area contributed by atoms with Gasteiger partial charge in [0.25, 0.3) is 0 Å². The van der Waals surface area contributed by atoms with Crippen LogP contribution in [-0.2, 0) is 4.79 Å². The number of thioether (sulfide) groups is 1. The molecule has 2 aromatic rings. The summed E-state index contributed by atoms with van der Waals surface area (Å²) in [7, 11) is 0. The van der Waals surface area contributed by atoms with Gasteiger partial charge in [0.15, 0.2) is 5.78 Å². The lowest BCUT2D eigenvalue weighted by Crippen LogP contribution is -2.43. The number of carbonyl (C=O) groups is 2. The molecule has 2 aromatic carbocycles. The lowest BCUT2D eigenvalue weighted by atomic mass is 9.89. The molecule has 3 rings (SSSR count). The van der Waals surface area contributed by atoms with Gasteiger partial charge in [-0.1, -0.05) is 42.5 Å². The molecule has 0 bridgehead atoms. The second-order valence-corrected chi connectivity index (χ2v) is 7.40. The van der Waals surface area contributed by atoms with Crippen molar-refractivity contribution in [1.29, 1.82) is 0 Å². The summed E-state index contributed by atoms with van der Waals surface area (Å²) in [6, 6.07) is 14.0. The van der Waals surface area contributed by atoms with Crippen molar-refractivity contribution in [2.24, 2.45) is 5.92 Å². The molecule has 1 heterocycles. The highest BCUT2D eigenvalue weighted by molar-refractivity contribution is 7.99. The van der Waals surface area contributed by atoms with Gasteiger partial charge in [-0.3, -0.25) is 9.59 Å². The van der Waals surface area contributed by atoms with Crippen LogP contribution >= 0.6 is 11.8 Å². The van der Waals surface area contributed by atoms with E-state index in [0.717, 1.165) is 18.4 Å². The molecule has 0 radical (unpaired) electrons. The van der Waals surface area contributed by atoms with Crippen molar-refractivity contribution in [1.82, 2.24) is 4.90 Å². The minimum Gasteiger partial charge on any atom is -0.341 e. The van der Waals surface area contributed by atoms with Crippen molar-refractivity contribution >= 4 is 23.5 Å². The lowest BCUT2D eigenvalue weighted by Gasteiger charge is -2.32. The number of hydrogen-bond acceptors (Lipinski definition) is 3. The minimum atomic E-state index is -0.395. The number of ketones is 1. The third-order valence-corrected chi connectivity index (χ3v) is 5.29. The Morgan fingerprint density at radius 1 is 1.19 bits per heavy atom. The van der Waals surface area contributed by atoms with E-state index in [1.807, 2.05) is 36.6 Å². The zero-order chi connectivity index (χ0) is 18.5. The van der Waals surface area contributed by atoms with Crippen LogP contribution in [0.5, 0.6) is 0 Å². The van der Waals surface area contributed by atoms with E-state index in [2.05, 4.69) is 0 Å². The number of benzene rings is 2. The fraction of sp³-hybridized carbons (Fsp3) is 0.333. The Morgan fingerprint density at radius 2 is 1.96 bits per heavy atom. The molecule has 1 aliphatic rings. The van der Waals surface area contributed by atoms with Crippen LogP contribution in [0, 0.1) is 11.7 Å². The van der Waals surface area contributed by atoms with Crippen LogP contribution in [0.25, 0.3) is 11.1 Å². The van der Waals surface area contributed by atoms with Gasteiger partial charge in [-0.05, 0) is 30.7 Å². The average molecular weight is 371 g/mol. The minimum absolute atomic E-state index is 0.0700. The molecule has 1 amide bonds. The third kappa shape index (κ3) is 4.15. The zero-order valence-corrected chi connectivity index (χ0v) is 15.6. The van der Waals surface area contributed by atoms with Crippen molar-refractivity contribution in [3.63, 3.8) is 0 Å². The smallest absolute Gasteiger partial charge is 0.232 e. The van der Waals surface area contributed by atoms with Gasteiger partial charge in [-0.15, -0.1) is 0 Å². The summed E-state index contributed by atoms with van der Waals surface area (Å²) in [5.41, 5.74) is 1.66. The zero-order valence-electron chi connectivity index (χ0n) is 14.8. The largest absolute Gasteiger partial charge is 0.341 e. The summed E-state index contributed by atoms with van der Waals surface area (Å²) in [6.07, 6.45) is 3.44. The lowest BCUT2D eigenvalue weighted by molar-refractivity contribution is -0.129. The Bertz CT molecular complexity index is 794. The van der Waals surface area contributed by atoms with E-state index < -0.39 is 5.82 Å². The molecular weight excluding hydrogens is 349 g/mol. The molecule has 26 heavy (non-hydrogen) atoms. The van der Waals surface area contributed by atoms with E-state index in [-0.39, 0.29) is 17.6 Å². The first-order valence-electron chi connectivity index (χ1n) is 8.76. The first-order valence-corrected chi connectivity index (χ1v) is 10.2. The van der Waals surface area contributed by atoms with Crippen LogP contribution in [0.3, 0.4) is 0 Å².